The lowest BCUT2D eigenvalue weighted by molar-refractivity contribution is 0.630. The number of hydrogen-bond donors (Lipinski definition) is 2. The minimum atomic E-state index is -0.416. The van der Waals surface area contributed by atoms with Gasteiger partial charge in [-0.2, -0.15) is 0 Å². The normalized spacial score (nSPS) is 10.9. The van der Waals surface area contributed by atoms with Gasteiger partial charge in [-0.3, -0.25) is 0 Å². The maximum Gasteiger partial charge on any atom is 0.180 e. The Balaban J connectivity index is 2.14. The van der Waals surface area contributed by atoms with Crippen molar-refractivity contribution in [2.75, 3.05) is 12.4 Å². The Kier molecular flexibility index (Phi) is 2.83. The van der Waals surface area contributed by atoms with E-state index in [1.807, 2.05) is 12.1 Å². The number of aromatic amines is 1. The first-order chi connectivity index (χ1) is 9.17. The van der Waals surface area contributed by atoms with Crippen molar-refractivity contribution in [2.45, 2.75) is 0 Å². The van der Waals surface area contributed by atoms with Crippen LogP contribution in [-0.4, -0.2) is 22.0 Å². The molecule has 0 saturated heterocycles. The Morgan fingerprint density at radius 1 is 1.21 bits per heavy atom. The molecular weight excluding hydrogens is 267 g/mol. The molecule has 0 amide bonds. The molecule has 0 unspecified atom stereocenters. The van der Waals surface area contributed by atoms with E-state index in [2.05, 4.69) is 20.3 Å². The van der Waals surface area contributed by atoms with Crippen LogP contribution in [-0.2, 0) is 0 Å². The first kappa shape index (κ1) is 11.9. The molecule has 0 aliphatic rings. The van der Waals surface area contributed by atoms with E-state index in [-0.39, 0.29) is 0 Å². The fourth-order valence-corrected chi connectivity index (χ4v) is 2.00. The molecule has 0 fully saturated rings. The Labute approximate surface area is 113 Å². The average Bonchev–Trinajstić information content (AvgIpc) is 2.80. The summed E-state index contributed by atoms with van der Waals surface area (Å²) in [4.78, 5) is 11.6. The van der Waals surface area contributed by atoms with E-state index in [1.54, 1.807) is 19.2 Å². The lowest BCUT2D eigenvalue weighted by atomic mass is 10.2. The number of H-pyrrole nitrogens is 1. The van der Waals surface area contributed by atoms with E-state index in [1.165, 1.54) is 6.07 Å². The van der Waals surface area contributed by atoms with Gasteiger partial charge in [-0.15, -0.1) is 0 Å². The lowest BCUT2D eigenvalue weighted by Crippen LogP contribution is -1.91. The SMILES string of the molecule is CNc1ccc2[nH]c(-c3ccc(Cl)cc3F)nc2n1. The molecule has 19 heavy (non-hydrogen) atoms. The van der Waals surface area contributed by atoms with Crippen LogP contribution < -0.4 is 5.32 Å². The zero-order valence-corrected chi connectivity index (χ0v) is 10.8. The highest BCUT2D eigenvalue weighted by atomic mass is 35.5. The molecule has 3 rings (SSSR count). The van der Waals surface area contributed by atoms with E-state index < -0.39 is 5.82 Å². The molecule has 1 aromatic carbocycles. The van der Waals surface area contributed by atoms with E-state index in [0.29, 0.717) is 27.9 Å². The van der Waals surface area contributed by atoms with Crippen molar-refractivity contribution in [3.63, 3.8) is 0 Å². The average molecular weight is 277 g/mol. The molecule has 0 spiro atoms. The molecule has 0 aliphatic carbocycles. The quantitative estimate of drug-likeness (QED) is 0.754. The van der Waals surface area contributed by atoms with Crippen molar-refractivity contribution in [2.24, 2.45) is 0 Å². The molecule has 0 bridgehead atoms. The number of halogens is 2. The van der Waals surface area contributed by atoms with Crippen molar-refractivity contribution >= 4 is 28.6 Å². The summed E-state index contributed by atoms with van der Waals surface area (Å²) in [7, 11) is 1.78. The number of anilines is 1. The van der Waals surface area contributed by atoms with Crippen LogP contribution in [0.3, 0.4) is 0 Å². The second kappa shape index (κ2) is 4.51. The van der Waals surface area contributed by atoms with Crippen LogP contribution in [0.25, 0.3) is 22.6 Å². The van der Waals surface area contributed by atoms with E-state index >= 15 is 0 Å². The summed E-state index contributed by atoms with van der Waals surface area (Å²) in [5, 5.41) is 3.29. The van der Waals surface area contributed by atoms with Gasteiger partial charge in [-0.05, 0) is 30.3 Å². The fraction of sp³-hybridized carbons (Fsp3) is 0.0769. The van der Waals surface area contributed by atoms with Gasteiger partial charge in [0, 0.05) is 12.1 Å². The Bertz CT molecular complexity index is 753. The van der Waals surface area contributed by atoms with Crippen molar-refractivity contribution in [1.29, 1.82) is 0 Å². The van der Waals surface area contributed by atoms with Crippen molar-refractivity contribution in [3.05, 3.63) is 41.2 Å². The first-order valence-corrected chi connectivity index (χ1v) is 6.05. The minimum absolute atomic E-state index is 0.355. The molecule has 0 radical (unpaired) electrons. The largest absolute Gasteiger partial charge is 0.373 e. The predicted octanol–water partition coefficient (Wildman–Crippen LogP) is 3.46. The maximum atomic E-state index is 13.8. The maximum absolute atomic E-state index is 13.8. The third-order valence-corrected chi connectivity index (χ3v) is 3.02. The molecular formula is C13H10ClFN4. The minimum Gasteiger partial charge on any atom is -0.373 e. The van der Waals surface area contributed by atoms with Crippen molar-refractivity contribution in [3.8, 4) is 11.4 Å². The molecule has 4 nitrogen and oxygen atoms in total. The molecule has 0 atom stereocenters. The van der Waals surface area contributed by atoms with Crippen LogP contribution in [0.4, 0.5) is 10.2 Å². The molecule has 2 aromatic heterocycles. The molecule has 0 saturated carbocycles. The number of aromatic nitrogens is 3. The van der Waals surface area contributed by atoms with Gasteiger partial charge in [0.1, 0.15) is 17.5 Å². The van der Waals surface area contributed by atoms with Gasteiger partial charge in [0.2, 0.25) is 0 Å². The molecule has 3 aromatic rings. The lowest BCUT2D eigenvalue weighted by Gasteiger charge is -1.98. The molecule has 96 valence electrons. The van der Waals surface area contributed by atoms with Gasteiger partial charge in [-0.1, -0.05) is 11.6 Å². The van der Waals surface area contributed by atoms with Crippen LogP contribution in [0, 0.1) is 5.82 Å². The highest BCUT2D eigenvalue weighted by Crippen LogP contribution is 2.25. The van der Waals surface area contributed by atoms with E-state index in [4.69, 9.17) is 11.6 Å². The Morgan fingerprint density at radius 2 is 2.05 bits per heavy atom. The standard InChI is InChI=1S/C13H10ClFN4/c1-16-11-5-4-10-13(18-11)19-12(17-10)8-3-2-7(14)6-9(8)15/h2-6H,1H3,(H2,16,17,18,19). The Hall–Kier alpha value is -2.14. The van der Waals surface area contributed by atoms with Gasteiger partial charge in [-0.25, -0.2) is 14.4 Å². The summed E-state index contributed by atoms with van der Waals surface area (Å²) >= 11 is 5.73. The second-order valence-electron chi connectivity index (χ2n) is 4.03. The molecule has 0 aliphatic heterocycles. The first-order valence-electron chi connectivity index (χ1n) is 5.67. The molecule has 6 heteroatoms. The summed E-state index contributed by atoms with van der Waals surface area (Å²) in [5.74, 6) is 0.729. The number of pyridine rings is 1. The van der Waals surface area contributed by atoms with E-state index in [9.17, 15) is 4.39 Å². The highest BCUT2D eigenvalue weighted by molar-refractivity contribution is 6.30. The summed E-state index contributed by atoms with van der Waals surface area (Å²) in [6.45, 7) is 0. The number of rotatable bonds is 2. The van der Waals surface area contributed by atoms with Crippen LogP contribution >= 0.6 is 11.6 Å². The van der Waals surface area contributed by atoms with Gasteiger partial charge in [0.05, 0.1) is 11.1 Å². The van der Waals surface area contributed by atoms with E-state index in [0.717, 1.165) is 5.52 Å². The summed E-state index contributed by atoms with van der Waals surface area (Å²) < 4.78 is 13.8. The van der Waals surface area contributed by atoms with Gasteiger partial charge >= 0.3 is 0 Å². The number of hydrogen-bond acceptors (Lipinski definition) is 3. The fourth-order valence-electron chi connectivity index (χ4n) is 1.84. The smallest absolute Gasteiger partial charge is 0.180 e. The number of nitrogens with zero attached hydrogens (tertiary/aromatic N) is 2. The predicted molar refractivity (Wildman–Crippen MR) is 73.8 cm³/mol. The van der Waals surface area contributed by atoms with Crippen LogP contribution in [0.1, 0.15) is 0 Å². The zero-order valence-electron chi connectivity index (χ0n) is 10.0. The number of imidazole rings is 1. The number of benzene rings is 1. The highest BCUT2D eigenvalue weighted by Gasteiger charge is 2.11. The van der Waals surface area contributed by atoms with Crippen LogP contribution in [0.5, 0.6) is 0 Å². The summed E-state index contributed by atoms with van der Waals surface area (Å²) in [6, 6.07) is 8.14. The van der Waals surface area contributed by atoms with Crippen LogP contribution in [0.15, 0.2) is 30.3 Å². The number of nitrogens with one attached hydrogen (secondary N) is 2. The van der Waals surface area contributed by atoms with Crippen LogP contribution in [0.2, 0.25) is 5.02 Å². The van der Waals surface area contributed by atoms with Crippen molar-refractivity contribution < 1.29 is 4.39 Å². The van der Waals surface area contributed by atoms with Gasteiger partial charge in [0.25, 0.3) is 0 Å². The topological polar surface area (TPSA) is 53.6 Å². The second-order valence-corrected chi connectivity index (χ2v) is 4.46. The third kappa shape index (κ3) is 2.13. The van der Waals surface area contributed by atoms with Gasteiger partial charge < -0.3 is 10.3 Å². The molecule has 2 heterocycles. The number of fused-ring (bicyclic) bond motifs is 1. The summed E-state index contributed by atoms with van der Waals surface area (Å²) in [5.41, 5.74) is 1.66. The monoisotopic (exact) mass is 276 g/mol. The summed E-state index contributed by atoms with van der Waals surface area (Å²) in [6.07, 6.45) is 0. The van der Waals surface area contributed by atoms with Gasteiger partial charge in [0.15, 0.2) is 5.65 Å². The van der Waals surface area contributed by atoms with Crippen molar-refractivity contribution in [1.82, 2.24) is 15.0 Å². The third-order valence-electron chi connectivity index (χ3n) is 2.79. The Morgan fingerprint density at radius 3 is 2.79 bits per heavy atom. The molecule has 2 N–H and O–H groups in total. The zero-order chi connectivity index (χ0) is 13.4.